The minimum absolute atomic E-state index is 0.0739. The van der Waals surface area contributed by atoms with E-state index >= 15 is 0 Å². The van der Waals surface area contributed by atoms with E-state index in [1.807, 2.05) is 25.1 Å². The van der Waals surface area contributed by atoms with E-state index in [9.17, 15) is 37.6 Å². The van der Waals surface area contributed by atoms with E-state index in [-0.39, 0.29) is 18.7 Å². The summed E-state index contributed by atoms with van der Waals surface area (Å²) < 4.78 is 40.5. The molecular formula is C25H31F3N6O4. The lowest BCUT2D eigenvalue weighted by atomic mass is 9.98. The number of halogens is 3. The van der Waals surface area contributed by atoms with Crippen LogP contribution in [-0.2, 0) is 25.6 Å². The number of carbonyl (C=O) groups is 4. The van der Waals surface area contributed by atoms with Crippen LogP contribution in [0.2, 0.25) is 0 Å². The first-order chi connectivity index (χ1) is 17.9. The number of rotatable bonds is 9. The standard InChI is InChI=1S/C25H31F3N6O4/c1-14-2-4-15(5-3-14)8-20(35)33-22(30)24(38)34-13-17(25(26,27)28)10-19(34)11-21(36)32-18(12-29)9-16-6-7-31-23(16)37/h2-5,16-19,22H,6-11,13,30H2,1H3,(H,31,37)(H,32,36)(H,33,35)/t16-,17+,18-,19-,22+/m0/s1. The van der Waals surface area contributed by atoms with Crippen molar-refractivity contribution < 1.29 is 32.3 Å². The second kappa shape index (κ2) is 12.3. The van der Waals surface area contributed by atoms with Crippen LogP contribution in [0, 0.1) is 30.1 Å². The zero-order valence-electron chi connectivity index (χ0n) is 20.9. The number of aryl methyl sites for hydroxylation is 1. The first-order valence-electron chi connectivity index (χ1n) is 12.3. The molecule has 0 aliphatic carbocycles. The number of hydrogen-bond acceptors (Lipinski definition) is 6. The first kappa shape index (κ1) is 28.9. The van der Waals surface area contributed by atoms with Gasteiger partial charge in [0.2, 0.25) is 17.7 Å². The van der Waals surface area contributed by atoms with Gasteiger partial charge in [0.15, 0.2) is 6.17 Å². The smallest absolute Gasteiger partial charge is 0.356 e. The van der Waals surface area contributed by atoms with E-state index in [2.05, 4.69) is 16.0 Å². The number of benzene rings is 1. The molecule has 4 amide bonds. The first-order valence-corrected chi connectivity index (χ1v) is 12.3. The molecule has 2 heterocycles. The molecule has 0 saturated carbocycles. The van der Waals surface area contributed by atoms with Crippen molar-refractivity contribution in [3.8, 4) is 6.07 Å². The minimum atomic E-state index is -4.60. The fourth-order valence-electron chi connectivity index (χ4n) is 4.74. The number of amides is 4. The van der Waals surface area contributed by atoms with Gasteiger partial charge in [0.1, 0.15) is 6.04 Å². The van der Waals surface area contributed by atoms with E-state index in [4.69, 9.17) is 5.73 Å². The Bertz CT molecular complexity index is 1090. The third-order valence-electron chi connectivity index (χ3n) is 6.82. The number of nitriles is 1. The van der Waals surface area contributed by atoms with Crippen LogP contribution in [-0.4, -0.2) is 66.0 Å². The van der Waals surface area contributed by atoms with Crippen LogP contribution in [0.15, 0.2) is 24.3 Å². The van der Waals surface area contributed by atoms with Crippen molar-refractivity contribution in [3.63, 3.8) is 0 Å². The monoisotopic (exact) mass is 536 g/mol. The molecule has 2 fully saturated rings. The minimum Gasteiger partial charge on any atom is -0.356 e. The summed E-state index contributed by atoms with van der Waals surface area (Å²) in [5, 5.41) is 16.8. The van der Waals surface area contributed by atoms with Gasteiger partial charge in [-0.25, -0.2) is 0 Å². The molecule has 3 rings (SSSR count). The summed E-state index contributed by atoms with van der Waals surface area (Å²) in [6, 6.07) is 6.84. The fraction of sp³-hybridized carbons (Fsp3) is 0.560. The molecule has 0 radical (unpaired) electrons. The molecule has 38 heavy (non-hydrogen) atoms. The molecule has 0 unspecified atom stereocenters. The zero-order chi connectivity index (χ0) is 28.0. The summed E-state index contributed by atoms with van der Waals surface area (Å²) in [7, 11) is 0. The third kappa shape index (κ3) is 7.67. The highest BCUT2D eigenvalue weighted by molar-refractivity contribution is 5.89. The molecule has 2 aliphatic heterocycles. The normalized spacial score (nSPS) is 22.8. The molecule has 2 saturated heterocycles. The molecule has 1 aromatic rings. The number of nitrogens with zero attached hydrogens (tertiary/aromatic N) is 2. The molecular weight excluding hydrogens is 505 g/mol. The maximum Gasteiger partial charge on any atom is 0.393 e. The molecule has 10 nitrogen and oxygen atoms in total. The lowest BCUT2D eigenvalue weighted by molar-refractivity contribution is -0.171. The summed E-state index contributed by atoms with van der Waals surface area (Å²) >= 11 is 0. The number of nitrogens with two attached hydrogens (primary N) is 1. The Morgan fingerprint density at radius 2 is 1.89 bits per heavy atom. The summed E-state index contributed by atoms with van der Waals surface area (Å²) in [4.78, 5) is 50.6. The molecule has 0 bridgehead atoms. The molecule has 0 aromatic heterocycles. The lowest BCUT2D eigenvalue weighted by Crippen LogP contribution is -2.55. The van der Waals surface area contributed by atoms with Gasteiger partial charge in [-0.05, 0) is 31.7 Å². The van der Waals surface area contributed by atoms with Crippen molar-refractivity contribution in [2.24, 2.45) is 17.6 Å². The van der Waals surface area contributed by atoms with E-state index in [1.165, 1.54) is 0 Å². The van der Waals surface area contributed by atoms with E-state index < -0.39 is 73.4 Å². The Balaban J connectivity index is 1.62. The molecule has 1 aromatic carbocycles. The summed E-state index contributed by atoms with van der Waals surface area (Å²) in [6.07, 6.45) is -6.70. The van der Waals surface area contributed by atoms with Crippen LogP contribution in [0.4, 0.5) is 13.2 Å². The topological polar surface area (TPSA) is 157 Å². The maximum absolute atomic E-state index is 13.5. The Morgan fingerprint density at radius 3 is 2.47 bits per heavy atom. The quantitative estimate of drug-likeness (QED) is 0.339. The number of hydrogen-bond donors (Lipinski definition) is 4. The van der Waals surface area contributed by atoms with Crippen LogP contribution < -0.4 is 21.7 Å². The average Bonchev–Trinajstić information content (AvgIpc) is 3.45. The van der Waals surface area contributed by atoms with Gasteiger partial charge < -0.3 is 26.6 Å². The van der Waals surface area contributed by atoms with Crippen LogP contribution >= 0.6 is 0 Å². The molecule has 2 aliphatic rings. The van der Waals surface area contributed by atoms with Gasteiger partial charge in [-0.3, -0.25) is 19.2 Å². The summed E-state index contributed by atoms with van der Waals surface area (Å²) in [5.74, 6) is -4.78. The van der Waals surface area contributed by atoms with Gasteiger partial charge in [0.05, 0.1) is 18.4 Å². The van der Waals surface area contributed by atoms with Crippen molar-refractivity contribution >= 4 is 23.6 Å². The maximum atomic E-state index is 13.5. The highest BCUT2D eigenvalue weighted by Gasteiger charge is 2.49. The van der Waals surface area contributed by atoms with E-state index in [0.717, 1.165) is 10.5 Å². The van der Waals surface area contributed by atoms with Gasteiger partial charge >= 0.3 is 6.18 Å². The largest absolute Gasteiger partial charge is 0.393 e. The molecule has 5 atom stereocenters. The Hall–Kier alpha value is -3.66. The van der Waals surface area contributed by atoms with Crippen molar-refractivity contribution in [2.45, 2.75) is 63.5 Å². The van der Waals surface area contributed by atoms with Crippen molar-refractivity contribution in [1.29, 1.82) is 5.26 Å². The average molecular weight is 537 g/mol. The molecule has 5 N–H and O–H groups in total. The van der Waals surface area contributed by atoms with Crippen LogP contribution in [0.25, 0.3) is 0 Å². The lowest BCUT2D eigenvalue weighted by Gasteiger charge is -2.28. The number of nitrogens with one attached hydrogen (secondary N) is 3. The van der Waals surface area contributed by atoms with E-state index in [0.29, 0.717) is 18.5 Å². The third-order valence-corrected chi connectivity index (χ3v) is 6.82. The second-order valence-corrected chi connectivity index (χ2v) is 9.79. The highest BCUT2D eigenvalue weighted by atomic mass is 19.4. The highest BCUT2D eigenvalue weighted by Crippen LogP contribution is 2.37. The number of carbonyl (C=O) groups excluding carboxylic acids is 4. The Morgan fingerprint density at radius 1 is 1.21 bits per heavy atom. The predicted molar refractivity (Wildman–Crippen MR) is 129 cm³/mol. The van der Waals surface area contributed by atoms with Gasteiger partial charge in [0, 0.05) is 31.5 Å². The summed E-state index contributed by atoms with van der Waals surface area (Å²) in [5.41, 5.74) is 7.51. The predicted octanol–water partition coefficient (Wildman–Crippen LogP) is 0.643. The fourth-order valence-corrected chi connectivity index (χ4v) is 4.74. The summed E-state index contributed by atoms with van der Waals surface area (Å²) in [6.45, 7) is 1.65. The van der Waals surface area contributed by atoms with E-state index in [1.54, 1.807) is 12.1 Å². The number of alkyl halides is 3. The Labute approximate surface area is 218 Å². The molecule has 13 heteroatoms. The SMILES string of the molecule is Cc1ccc(CC(=O)N[C@@H](N)C(=O)N2C[C@H](C(F)(F)F)C[C@H]2CC(=O)N[C@H](C#N)C[C@@H]2CCNC2=O)cc1. The molecule has 206 valence electrons. The van der Waals surface area contributed by atoms with Gasteiger partial charge in [-0.2, -0.15) is 18.4 Å². The van der Waals surface area contributed by atoms with Crippen molar-refractivity contribution in [1.82, 2.24) is 20.9 Å². The van der Waals surface area contributed by atoms with Crippen molar-refractivity contribution in [2.75, 3.05) is 13.1 Å². The van der Waals surface area contributed by atoms with Crippen LogP contribution in [0.5, 0.6) is 0 Å². The second-order valence-electron chi connectivity index (χ2n) is 9.79. The van der Waals surface area contributed by atoms with Crippen LogP contribution in [0.3, 0.4) is 0 Å². The molecule has 0 spiro atoms. The van der Waals surface area contributed by atoms with Crippen LogP contribution in [0.1, 0.15) is 36.8 Å². The number of likely N-dealkylation sites (tertiary alicyclic amines) is 1. The van der Waals surface area contributed by atoms with Gasteiger partial charge in [0.25, 0.3) is 5.91 Å². The van der Waals surface area contributed by atoms with Gasteiger partial charge in [-0.15, -0.1) is 0 Å². The van der Waals surface area contributed by atoms with Crippen molar-refractivity contribution in [3.05, 3.63) is 35.4 Å². The Kier molecular flexibility index (Phi) is 9.32. The zero-order valence-corrected chi connectivity index (χ0v) is 20.9. The van der Waals surface area contributed by atoms with Gasteiger partial charge in [-0.1, -0.05) is 29.8 Å².